The lowest BCUT2D eigenvalue weighted by Crippen LogP contribution is -1.88. The molecule has 0 aliphatic rings. The minimum Gasteiger partial charge on any atom is -0.478 e. The van der Waals surface area contributed by atoms with Gasteiger partial charge in [0.25, 0.3) is 5.69 Å². The summed E-state index contributed by atoms with van der Waals surface area (Å²) in [5.41, 5.74) is 2.37. The molecule has 0 saturated heterocycles. The lowest BCUT2D eigenvalue weighted by atomic mass is 10.0. The third-order valence-corrected chi connectivity index (χ3v) is 2.72. The van der Waals surface area contributed by atoms with Crippen LogP contribution in [0.1, 0.15) is 5.56 Å². The number of nitrogens with zero attached hydrogens (tertiary/aromatic N) is 1. The van der Waals surface area contributed by atoms with Crippen molar-refractivity contribution in [2.75, 3.05) is 0 Å². The Morgan fingerprint density at radius 3 is 2.40 bits per heavy atom. The highest BCUT2D eigenvalue weighted by molar-refractivity contribution is 5.85. The molecule has 0 unspecified atom stereocenters. The number of hydrogen-bond donors (Lipinski definition) is 1. The summed E-state index contributed by atoms with van der Waals surface area (Å²) >= 11 is 0. The molecule has 0 aromatic heterocycles. The maximum Gasteiger partial charge on any atom is 0.328 e. The SMILES string of the molecule is O=C(O)/C=C/c1ccc(-c2cccc([N+](=O)[O-])c2)cc1. The van der Waals surface area contributed by atoms with Gasteiger partial charge in [-0.3, -0.25) is 10.1 Å². The third kappa shape index (κ3) is 3.29. The minimum absolute atomic E-state index is 0.0392. The van der Waals surface area contributed by atoms with Crippen molar-refractivity contribution in [1.29, 1.82) is 0 Å². The monoisotopic (exact) mass is 269 g/mol. The average molecular weight is 269 g/mol. The molecule has 5 heteroatoms. The molecule has 2 rings (SSSR count). The molecule has 100 valence electrons. The molecular weight excluding hydrogens is 258 g/mol. The Bertz CT molecular complexity index is 675. The molecule has 0 amide bonds. The Balaban J connectivity index is 2.28. The van der Waals surface area contributed by atoms with Crippen LogP contribution in [0.3, 0.4) is 0 Å². The number of carboxylic acid groups (broad SMARTS) is 1. The summed E-state index contributed by atoms with van der Waals surface area (Å²) in [6, 6.07) is 13.5. The average Bonchev–Trinajstić information content (AvgIpc) is 2.46. The number of rotatable bonds is 4. The van der Waals surface area contributed by atoms with Crippen LogP contribution in [0.25, 0.3) is 17.2 Å². The van der Waals surface area contributed by atoms with Crippen LogP contribution >= 0.6 is 0 Å². The van der Waals surface area contributed by atoms with Crippen LogP contribution in [0.2, 0.25) is 0 Å². The van der Waals surface area contributed by atoms with Crippen LogP contribution < -0.4 is 0 Å². The molecule has 0 aliphatic carbocycles. The molecule has 0 bridgehead atoms. The van der Waals surface area contributed by atoms with Crippen molar-refractivity contribution in [3.8, 4) is 11.1 Å². The van der Waals surface area contributed by atoms with Gasteiger partial charge in [-0.05, 0) is 22.8 Å². The van der Waals surface area contributed by atoms with Crippen LogP contribution in [-0.2, 0) is 4.79 Å². The second-order valence-corrected chi connectivity index (χ2v) is 4.10. The second kappa shape index (κ2) is 5.79. The van der Waals surface area contributed by atoms with E-state index in [2.05, 4.69) is 0 Å². The molecule has 2 aromatic carbocycles. The van der Waals surface area contributed by atoms with Crippen molar-refractivity contribution < 1.29 is 14.8 Å². The van der Waals surface area contributed by atoms with Gasteiger partial charge in [0.2, 0.25) is 0 Å². The summed E-state index contributed by atoms with van der Waals surface area (Å²) in [4.78, 5) is 20.7. The lowest BCUT2D eigenvalue weighted by molar-refractivity contribution is -0.384. The lowest BCUT2D eigenvalue weighted by Gasteiger charge is -2.02. The van der Waals surface area contributed by atoms with Gasteiger partial charge in [-0.2, -0.15) is 0 Å². The van der Waals surface area contributed by atoms with E-state index in [1.165, 1.54) is 18.2 Å². The van der Waals surface area contributed by atoms with E-state index in [0.29, 0.717) is 0 Å². The molecule has 20 heavy (non-hydrogen) atoms. The topological polar surface area (TPSA) is 80.4 Å². The zero-order valence-electron chi connectivity index (χ0n) is 10.4. The molecule has 0 atom stereocenters. The van der Waals surface area contributed by atoms with Gasteiger partial charge in [-0.15, -0.1) is 0 Å². The number of benzene rings is 2. The van der Waals surface area contributed by atoms with E-state index in [1.54, 1.807) is 36.4 Å². The standard InChI is InChI=1S/C15H11NO4/c17-15(18)9-6-11-4-7-12(8-5-11)13-2-1-3-14(10-13)16(19)20/h1-10H,(H,17,18)/b9-6+. The Kier molecular flexibility index (Phi) is 3.91. The highest BCUT2D eigenvalue weighted by Crippen LogP contribution is 2.24. The van der Waals surface area contributed by atoms with Gasteiger partial charge in [0.05, 0.1) is 4.92 Å². The van der Waals surface area contributed by atoms with Gasteiger partial charge in [-0.1, -0.05) is 36.4 Å². The predicted octanol–water partition coefficient (Wildman–Crippen LogP) is 3.36. The summed E-state index contributed by atoms with van der Waals surface area (Å²) < 4.78 is 0. The molecule has 0 saturated carbocycles. The van der Waals surface area contributed by atoms with Crippen molar-refractivity contribution in [1.82, 2.24) is 0 Å². The van der Waals surface area contributed by atoms with Crippen molar-refractivity contribution in [2.24, 2.45) is 0 Å². The van der Waals surface area contributed by atoms with Gasteiger partial charge in [0, 0.05) is 18.2 Å². The van der Waals surface area contributed by atoms with E-state index in [-0.39, 0.29) is 5.69 Å². The maximum absolute atomic E-state index is 10.7. The zero-order valence-corrected chi connectivity index (χ0v) is 10.4. The van der Waals surface area contributed by atoms with Crippen LogP contribution in [0.15, 0.2) is 54.6 Å². The van der Waals surface area contributed by atoms with Crippen LogP contribution in [-0.4, -0.2) is 16.0 Å². The first-order chi connectivity index (χ1) is 9.56. The van der Waals surface area contributed by atoms with Crippen molar-refractivity contribution >= 4 is 17.7 Å². The molecule has 1 N–H and O–H groups in total. The Hall–Kier alpha value is -2.95. The first-order valence-electron chi connectivity index (χ1n) is 5.82. The molecule has 0 aliphatic heterocycles. The van der Waals surface area contributed by atoms with Crippen LogP contribution in [0.4, 0.5) is 5.69 Å². The fourth-order valence-corrected chi connectivity index (χ4v) is 1.75. The number of carbonyl (C=O) groups is 1. The summed E-state index contributed by atoms with van der Waals surface area (Å²) in [5.74, 6) is -1.01. The van der Waals surface area contributed by atoms with Crippen molar-refractivity contribution in [2.45, 2.75) is 0 Å². The molecule has 2 aromatic rings. The summed E-state index contributed by atoms with van der Waals surface area (Å²) in [6.45, 7) is 0. The number of nitro benzene ring substituents is 1. The fourth-order valence-electron chi connectivity index (χ4n) is 1.75. The van der Waals surface area contributed by atoms with Gasteiger partial charge in [0.15, 0.2) is 0 Å². The molecular formula is C15H11NO4. The highest BCUT2D eigenvalue weighted by atomic mass is 16.6. The smallest absolute Gasteiger partial charge is 0.328 e. The van der Waals surface area contributed by atoms with E-state index in [9.17, 15) is 14.9 Å². The largest absolute Gasteiger partial charge is 0.478 e. The summed E-state index contributed by atoms with van der Waals surface area (Å²) in [5, 5.41) is 19.3. The van der Waals surface area contributed by atoms with Crippen LogP contribution in [0, 0.1) is 10.1 Å². The Labute approximate surface area is 115 Å². The summed E-state index contributed by atoms with van der Waals surface area (Å²) in [7, 11) is 0. The molecule has 0 fully saturated rings. The second-order valence-electron chi connectivity index (χ2n) is 4.10. The maximum atomic E-state index is 10.7. The van der Waals surface area contributed by atoms with E-state index in [4.69, 9.17) is 5.11 Å². The predicted molar refractivity (Wildman–Crippen MR) is 75.2 cm³/mol. The fraction of sp³-hybridized carbons (Fsp3) is 0. The first-order valence-corrected chi connectivity index (χ1v) is 5.82. The van der Waals surface area contributed by atoms with E-state index < -0.39 is 10.9 Å². The van der Waals surface area contributed by atoms with Gasteiger partial charge < -0.3 is 5.11 Å². The molecule has 5 nitrogen and oxygen atoms in total. The van der Waals surface area contributed by atoms with E-state index >= 15 is 0 Å². The third-order valence-electron chi connectivity index (χ3n) is 2.72. The Morgan fingerprint density at radius 2 is 1.80 bits per heavy atom. The zero-order chi connectivity index (χ0) is 14.5. The number of hydrogen-bond acceptors (Lipinski definition) is 3. The first kappa shape index (κ1) is 13.5. The van der Waals surface area contributed by atoms with Crippen LogP contribution in [0.5, 0.6) is 0 Å². The normalized spacial score (nSPS) is 10.6. The van der Waals surface area contributed by atoms with Gasteiger partial charge >= 0.3 is 5.97 Å². The van der Waals surface area contributed by atoms with Gasteiger partial charge in [0.1, 0.15) is 0 Å². The molecule has 0 spiro atoms. The minimum atomic E-state index is -1.01. The Morgan fingerprint density at radius 1 is 1.10 bits per heavy atom. The van der Waals surface area contributed by atoms with E-state index in [1.807, 2.05) is 0 Å². The number of carboxylic acids is 1. The van der Waals surface area contributed by atoms with Crippen molar-refractivity contribution in [3.63, 3.8) is 0 Å². The number of non-ortho nitro benzene ring substituents is 1. The summed E-state index contributed by atoms with van der Waals surface area (Å²) in [6.07, 6.45) is 2.54. The number of aliphatic carboxylic acids is 1. The number of nitro groups is 1. The van der Waals surface area contributed by atoms with E-state index in [0.717, 1.165) is 22.8 Å². The van der Waals surface area contributed by atoms with Crippen molar-refractivity contribution in [3.05, 3.63) is 70.3 Å². The molecule has 0 radical (unpaired) electrons. The molecule has 0 heterocycles. The van der Waals surface area contributed by atoms with Gasteiger partial charge in [-0.25, -0.2) is 4.79 Å². The highest BCUT2D eigenvalue weighted by Gasteiger charge is 2.06. The quantitative estimate of drug-likeness (QED) is 0.524.